The Hall–Kier alpha value is -1.98. The Morgan fingerprint density at radius 3 is 2.67 bits per heavy atom. The van der Waals surface area contributed by atoms with Crippen LogP contribution in [0.15, 0.2) is 18.6 Å². The highest BCUT2D eigenvalue weighted by Crippen LogP contribution is 2.58. The topological polar surface area (TPSA) is 92.2 Å². The van der Waals surface area contributed by atoms with Crippen LogP contribution < -0.4 is 5.32 Å². The fourth-order valence-corrected chi connectivity index (χ4v) is 2.30. The average molecular weight is 249 g/mol. The molecule has 0 bridgehead atoms. The Labute approximate surface area is 104 Å². The number of hydrogen-bond donors (Lipinski definition) is 2. The summed E-state index contributed by atoms with van der Waals surface area (Å²) in [5.74, 6) is -2.20. The van der Waals surface area contributed by atoms with E-state index in [1.54, 1.807) is 26.1 Å². The number of amides is 1. The maximum atomic E-state index is 11.9. The number of nitrogens with one attached hydrogen (secondary N) is 1. The van der Waals surface area contributed by atoms with Crippen molar-refractivity contribution in [1.29, 1.82) is 0 Å². The van der Waals surface area contributed by atoms with Crippen LogP contribution in [0, 0.1) is 17.3 Å². The largest absolute Gasteiger partial charge is 0.481 e. The summed E-state index contributed by atoms with van der Waals surface area (Å²) in [6.07, 6.45) is 3.00. The number of hydrogen-bond acceptors (Lipinski definition) is 4. The molecule has 0 spiro atoms. The molecule has 96 valence electrons. The van der Waals surface area contributed by atoms with Gasteiger partial charge >= 0.3 is 5.97 Å². The molecule has 1 saturated carbocycles. The summed E-state index contributed by atoms with van der Waals surface area (Å²) in [5.41, 5.74) is 0.227. The van der Waals surface area contributed by atoms with E-state index in [0.717, 1.165) is 0 Å². The fraction of sp³-hybridized carbons (Fsp3) is 0.500. The van der Waals surface area contributed by atoms with Crippen LogP contribution in [0.4, 0.5) is 0 Å². The first-order valence-electron chi connectivity index (χ1n) is 5.70. The molecular formula is C12H15N3O3. The van der Waals surface area contributed by atoms with Gasteiger partial charge in [-0.3, -0.25) is 9.59 Å². The van der Waals surface area contributed by atoms with Crippen molar-refractivity contribution in [2.75, 3.05) is 0 Å². The van der Waals surface area contributed by atoms with E-state index in [4.69, 9.17) is 5.11 Å². The summed E-state index contributed by atoms with van der Waals surface area (Å²) in [7, 11) is 0. The molecule has 1 aromatic rings. The second kappa shape index (κ2) is 4.36. The van der Waals surface area contributed by atoms with Crippen molar-refractivity contribution < 1.29 is 14.7 Å². The zero-order valence-corrected chi connectivity index (χ0v) is 10.3. The van der Waals surface area contributed by atoms with Gasteiger partial charge in [0.1, 0.15) is 6.33 Å². The molecule has 1 heterocycles. The number of carboxylic acids is 1. The van der Waals surface area contributed by atoms with Gasteiger partial charge in [-0.1, -0.05) is 13.8 Å². The minimum atomic E-state index is -0.915. The summed E-state index contributed by atoms with van der Waals surface area (Å²) in [4.78, 5) is 30.6. The lowest BCUT2D eigenvalue weighted by atomic mass is 10.1. The standard InChI is InChI=1S/C12H15N3O3/c1-12(2)8(9(12)11(17)18)10(16)14-5-7-3-4-13-6-15-7/h3-4,6,8-9H,5H2,1-2H3,(H,14,16)(H,17,18)/t8-,9+/m1/s1. The lowest BCUT2D eigenvalue weighted by Gasteiger charge is -2.05. The molecule has 1 aromatic heterocycles. The van der Waals surface area contributed by atoms with Gasteiger partial charge in [-0.15, -0.1) is 0 Å². The molecule has 1 fully saturated rings. The van der Waals surface area contributed by atoms with Crippen LogP contribution in [0.3, 0.4) is 0 Å². The third-order valence-electron chi connectivity index (χ3n) is 3.46. The number of nitrogens with zero attached hydrogens (tertiary/aromatic N) is 2. The van der Waals surface area contributed by atoms with Gasteiger partial charge < -0.3 is 10.4 Å². The highest BCUT2D eigenvalue weighted by atomic mass is 16.4. The van der Waals surface area contributed by atoms with Crippen LogP contribution in [0.25, 0.3) is 0 Å². The first kappa shape index (κ1) is 12.5. The van der Waals surface area contributed by atoms with Gasteiger partial charge in [0.05, 0.1) is 24.1 Å². The Bertz CT molecular complexity index is 473. The minimum absolute atomic E-state index is 0.231. The van der Waals surface area contributed by atoms with Gasteiger partial charge in [-0.05, 0) is 11.5 Å². The quantitative estimate of drug-likeness (QED) is 0.808. The number of aromatic nitrogens is 2. The molecule has 6 nitrogen and oxygen atoms in total. The second-order valence-electron chi connectivity index (χ2n) is 5.03. The molecule has 0 radical (unpaired) electrons. The van der Waals surface area contributed by atoms with E-state index in [0.29, 0.717) is 12.2 Å². The molecule has 0 aromatic carbocycles. The van der Waals surface area contributed by atoms with Crippen LogP contribution in [-0.2, 0) is 16.1 Å². The average Bonchev–Trinajstić information content (AvgIpc) is 2.91. The number of carboxylic acid groups (broad SMARTS) is 1. The molecule has 18 heavy (non-hydrogen) atoms. The molecule has 1 aliphatic carbocycles. The Morgan fingerprint density at radius 2 is 2.17 bits per heavy atom. The number of rotatable bonds is 4. The molecule has 0 saturated heterocycles. The molecule has 0 unspecified atom stereocenters. The van der Waals surface area contributed by atoms with Crippen molar-refractivity contribution in [2.45, 2.75) is 20.4 Å². The lowest BCUT2D eigenvalue weighted by Crippen LogP contribution is -2.27. The van der Waals surface area contributed by atoms with Gasteiger partial charge in [-0.2, -0.15) is 0 Å². The number of aliphatic carboxylic acids is 1. The van der Waals surface area contributed by atoms with E-state index >= 15 is 0 Å². The van der Waals surface area contributed by atoms with Crippen LogP contribution in [0.5, 0.6) is 0 Å². The molecular weight excluding hydrogens is 234 g/mol. The second-order valence-corrected chi connectivity index (χ2v) is 5.03. The predicted octanol–water partition coefficient (Wildman–Crippen LogP) is 0.450. The molecule has 2 rings (SSSR count). The van der Waals surface area contributed by atoms with Gasteiger partial charge in [-0.25, -0.2) is 9.97 Å². The molecule has 1 amide bonds. The van der Waals surface area contributed by atoms with E-state index < -0.39 is 23.2 Å². The van der Waals surface area contributed by atoms with Gasteiger partial charge in [0, 0.05) is 6.20 Å². The van der Waals surface area contributed by atoms with E-state index in [2.05, 4.69) is 15.3 Å². The van der Waals surface area contributed by atoms with Crippen molar-refractivity contribution in [3.8, 4) is 0 Å². The Kier molecular flexibility index (Phi) is 3.02. The number of carbonyl (C=O) groups excluding carboxylic acids is 1. The Balaban J connectivity index is 1.93. The summed E-state index contributed by atoms with van der Waals surface area (Å²) in [6.45, 7) is 3.88. The SMILES string of the molecule is CC1(C)[C@H](C(=O)O)[C@@H]1C(=O)NCc1ccncn1. The highest BCUT2D eigenvalue weighted by molar-refractivity contribution is 5.91. The first-order chi connectivity index (χ1) is 8.44. The summed E-state index contributed by atoms with van der Waals surface area (Å²) in [6, 6.07) is 1.70. The third kappa shape index (κ3) is 2.18. The monoisotopic (exact) mass is 249 g/mol. The van der Waals surface area contributed by atoms with Crippen molar-refractivity contribution in [2.24, 2.45) is 17.3 Å². The summed E-state index contributed by atoms with van der Waals surface area (Å²) >= 11 is 0. The molecule has 6 heteroatoms. The summed E-state index contributed by atoms with van der Waals surface area (Å²) < 4.78 is 0. The minimum Gasteiger partial charge on any atom is -0.481 e. The van der Waals surface area contributed by atoms with Crippen molar-refractivity contribution in [3.63, 3.8) is 0 Å². The first-order valence-corrected chi connectivity index (χ1v) is 5.70. The Morgan fingerprint density at radius 1 is 1.44 bits per heavy atom. The molecule has 2 N–H and O–H groups in total. The molecule has 1 aliphatic rings. The zero-order chi connectivity index (χ0) is 13.3. The maximum Gasteiger partial charge on any atom is 0.307 e. The lowest BCUT2D eigenvalue weighted by molar-refractivity contribution is -0.140. The number of carbonyl (C=O) groups is 2. The third-order valence-corrected chi connectivity index (χ3v) is 3.46. The van der Waals surface area contributed by atoms with Crippen LogP contribution in [0.1, 0.15) is 19.5 Å². The highest BCUT2D eigenvalue weighted by Gasteiger charge is 2.65. The van der Waals surface area contributed by atoms with E-state index in [9.17, 15) is 9.59 Å². The normalized spacial score (nSPS) is 24.3. The maximum absolute atomic E-state index is 11.9. The molecule has 2 atom stereocenters. The van der Waals surface area contributed by atoms with Crippen molar-refractivity contribution >= 4 is 11.9 Å². The summed E-state index contributed by atoms with van der Waals surface area (Å²) in [5, 5.41) is 11.7. The van der Waals surface area contributed by atoms with Crippen LogP contribution in [0.2, 0.25) is 0 Å². The van der Waals surface area contributed by atoms with Gasteiger partial charge in [0.2, 0.25) is 5.91 Å². The van der Waals surface area contributed by atoms with Gasteiger partial charge in [0.25, 0.3) is 0 Å². The zero-order valence-electron chi connectivity index (χ0n) is 10.3. The molecule has 0 aliphatic heterocycles. The smallest absolute Gasteiger partial charge is 0.307 e. The van der Waals surface area contributed by atoms with E-state index in [-0.39, 0.29) is 5.91 Å². The van der Waals surface area contributed by atoms with Crippen molar-refractivity contribution in [3.05, 3.63) is 24.3 Å². The van der Waals surface area contributed by atoms with E-state index in [1.165, 1.54) is 6.33 Å². The van der Waals surface area contributed by atoms with Crippen LogP contribution in [-0.4, -0.2) is 27.0 Å². The van der Waals surface area contributed by atoms with Gasteiger partial charge in [0.15, 0.2) is 0 Å². The predicted molar refractivity (Wildman–Crippen MR) is 62.3 cm³/mol. The fourth-order valence-electron chi connectivity index (χ4n) is 2.30. The van der Waals surface area contributed by atoms with Crippen molar-refractivity contribution in [1.82, 2.24) is 15.3 Å². The van der Waals surface area contributed by atoms with Crippen LogP contribution >= 0.6 is 0 Å². The van der Waals surface area contributed by atoms with E-state index in [1.807, 2.05) is 0 Å².